The Hall–Kier alpha value is -1.44. The molecule has 1 heterocycles. The van der Waals surface area contributed by atoms with Gasteiger partial charge in [-0.3, -0.25) is 9.71 Å². The molecule has 2 N–H and O–H groups in total. The Labute approximate surface area is 125 Å². The average Bonchev–Trinajstić information content (AvgIpc) is 2.42. The summed E-state index contributed by atoms with van der Waals surface area (Å²) >= 11 is 3.30. The Morgan fingerprint density at radius 2 is 2.15 bits per heavy atom. The third kappa shape index (κ3) is 3.17. The van der Waals surface area contributed by atoms with Crippen molar-refractivity contribution in [2.24, 2.45) is 0 Å². The predicted molar refractivity (Wildman–Crippen MR) is 79.8 cm³/mol. The van der Waals surface area contributed by atoms with Gasteiger partial charge < -0.3 is 5.11 Å². The lowest BCUT2D eigenvalue weighted by Gasteiger charge is -2.12. The molecule has 0 aliphatic heterocycles. The van der Waals surface area contributed by atoms with Crippen molar-refractivity contribution >= 4 is 31.6 Å². The van der Waals surface area contributed by atoms with Gasteiger partial charge in [0.1, 0.15) is 0 Å². The number of nitrogens with one attached hydrogen (secondary N) is 1. The van der Waals surface area contributed by atoms with Crippen LogP contribution in [0, 0.1) is 6.92 Å². The third-order valence-electron chi connectivity index (χ3n) is 2.74. The van der Waals surface area contributed by atoms with Gasteiger partial charge in [-0.2, -0.15) is 0 Å². The van der Waals surface area contributed by atoms with Gasteiger partial charge in [0.05, 0.1) is 23.4 Å². The molecule has 0 saturated carbocycles. The highest BCUT2D eigenvalue weighted by Crippen LogP contribution is 2.27. The summed E-state index contributed by atoms with van der Waals surface area (Å²) in [7, 11) is -3.73. The van der Waals surface area contributed by atoms with Crippen LogP contribution in [0.15, 0.2) is 46.0 Å². The first-order valence-electron chi connectivity index (χ1n) is 5.77. The zero-order chi connectivity index (χ0) is 14.8. The molecule has 1 aromatic carbocycles. The number of aliphatic hydroxyl groups is 1. The molecule has 0 aliphatic rings. The number of hydrogen-bond donors (Lipinski definition) is 2. The number of anilines is 1. The number of aliphatic hydroxyl groups excluding tert-OH is 1. The van der Waals surface area contributed by atoms with Crippen molar-refractivity contribution in [3.8, 4) is 0 Å². The van der Waals surface area contributed by atoms with Gasteiger partial charge in [-0.25, -0.2) is 8.42 Å². The Kier molecular flexibility index (Phi) is 4.42. The molecule has 0 aliphatic carbocycles. The largest absolute Gasteiger partial charge is 0.392 e. The predicted octanol–water partition coefficient (Wildman–Crippen LogP) is 2.45. The molecule has 2 aromatic rings. The van der Waals surface area contributed by atoms with E-state index in [0.717, 1.165) is 0 Å². The van der Waals surface area contributed by atoms with E-state index in [2.05, 4.69) is 25.6 Å². The van der Waals surface area contributed by atoms with Crippen LogP contribution in [0.25, 0.3) is 0 Å². The molecular formula is C13H13BrN2O3S. The van der Waals surface area contributed by atoms with Crippen LogP contribution in [0.1, 0.15) is 11.1 Å². The molecule has 0 bridgehead atoms. The molecule has 0 atom stereocenters. The van der Waals surface area contributed by atoms with Gasteiger partial charge in [0.2, 0.25) is 0 Å². The number of rotatable bonds is 4. The molecule has 0 unspecified atom stereocenters. The zero-order valence-electron chi connectivity index (χ0n) is 10.7. The smallest absolute Gasteiger partial charge is 0.262 e. The fraction of sp³-hybridized carbons (Fsp3) is 0.154. The van der Waals surface area contributed by atoms with E-state index < -0.39 is 10.0 Å². The van der Waals surface area contributed by atoms with Crippen molar-refractivity contribution < 1.29 is 13.5 Å². The minimum atomic E-state index is -3.73. The van der Waals surface area contributed by atoms with Gasteiger partial charge in [-0.05, 0) is 42.3 Å². The summed E-state index contributed by atoms with van der Waals surface area (Å²) in [4.78, 5) is 3.98. The fourth-order valence-corrected chi connectivity index (χ4v) is 3.71. The second kappa shape index (κ2) is 5.90. The maximum atomic E-state index is 12.4. The highest BCUT2D eigenvalue weighted by atomic mass is 79.9. The average molecular weight is 357 g/mol. The van der Waals surface area contributed by atoms with Crippen molar-refractivity contribution in [2.45, 2.75) is 18.4 Å². The topological polar surface area (TPSA) is 79.3 Å². The van der Waals surface area contributed by atoms with Crippen LogP contribution in [-0.4, -0.2) is 18.5 Å². The van der Waals surface area contributed by atoms with Crippen LogP contribution >= 0.6 is 15.9 Å². The van der Waals surface area contributed by atoms with Gasteiger partial charge in [-0.15, -0.1) is 0 Å². The lowest BCUT2D eigenvalue weighted by Crippen LogP contribution is -2.15. The minimum Gasteiger partial charge on any atom is -0.392 e. The van der Waals surface area contributed by atoms with E-state index >= 15 is 0 Å². The lowest BCUT2D eigenvalue weighted by atomic mass is 10.2. The summed E-state index contributed by atoms with van der Waals surface area (Å²) in [6.45, 7) is 1.47. The Bertz CT molecular complexity index is 718. The van der Waals surface area contributed by atoms with Gasteiger partial charge in [-0.1, -0.05) is 15.9 Å². The molecule has 0 fully saturated rings. The second-order valence-electron chi connectivity index (χ2n) is 4.21. The van der Waals surface area contributed by atoms with E-state index in [1.54, 1.807) is 31.3 Å². The number of aromatic nitrogens is 1. The number of benzene rings is 1. The monoisotopic (exact) mass is 356 g/mol. The first kappa shape index (κ1) is 15.0. The molecule has 0 radical (unpaired) electrons. The number of nitrogens with zero attached hydrogens (tertiary/aromatic N) is 1. The van der Waals surface area contributed by atoms with Crippen LogP contribution in [0.4, 0.5) is 5.69 Å². The SMILES string of the molecule is Cc1c(Br)cc(CO)cc1S(=O)(=O)Nc1cccnc1. The molecule has 0 saturated heterocycles. The lowest BCUT2D eigenvalue weighted by molar-refractivity contribution is 0.281. The van der Waals surface area contributed by atoms with E-state index in [1.165, 1.54) is 12.3 Å². The van der Waals surface area contributed by atoms with Crippen molar-refractivity contribution in [3.63, 3.8) is 0 Å². The van der Waals surface area contributed by atoms with Gasteiger partial charge in [0.25, 0.3) is 10.0 Å². The van der Waals surface area contributed by atoms with Crippen molar-refractivity contribution in [1.29, 1.82) is 0 Å². The maximum Gasteiger partial charge on any atom is 0.262 e. The molecule has 7 heteroatoms. The van der Waals surface area contributed by atoms with Crippen molar-refractivity contribution in [2.75, 3.05) is 4.72 Å². The van der Waals surface area contributed by atoms with E-state index in [4.69, 9.17) is 0 Å². The number of pyridine rings is 1. The van der Waals surface area contributed by atoms with E-state index in [0.29, 0.717) is 21.3 Å². The molecule has 2 rings (SSSR count). The Balaban J connectivity index is 2.47. The quantitative estimate of drug-likeness (QED) is 0.881. The van der Waals surface area contributed by atoms with Gasteiger partial charge >= 0.3 is 0 Å². The summed E-state index contributed by atoms with van der Waals surface area (Å²) in [5, 5.41) is 9.19. The summed E-state index contributed by atoms with van der Waals surface area (Å²) in [6.07, 6.45) is 2.99. The third-order valence-corrected chi connectivity index (χ3v) is 5.07. The van der Waals surface area contributed by atoms with Gasteiger partial charge in [0, 0.05) is 10.7 Å². The van der Waals surface area contributed by atoms with E-state index in [9.17, 15) is 13.5 Å². The molecule has 0 amide bonds. The Morgan fingerprint density at radius 3 is 2.75 bits per heavy atom. The van der Waals surface area contributed by atoms with Crippen LogP contribution in [0.3, 0.4) is 0 Å². The fourth-order valence-electron chi connectivity index (χ4n) is 1.71. The molecular weight excluding hydrogens is 344 g/mol. The summed E-state index contributed by atoms with van der Waals surface area (Å²) in [5.41, 5.74) is 1.49. The standard InChI is InChI=1S/C13H13BrN2O3S/c1-9-12(14)5-10(8-17)6-13(9)20(18,19)16-11-3-2-4-15-7-11/h2-7,16-17H,8H2,1H3. The second-order valence-corrected chi connectivity index (χ2v) is 6.71. The Morgan fingerprint density at radius 1 is 1.40 bits per heavy atom. The van der Waals surface area contributed by atoms with E-state index in [1.807, 2.05) is 0 Å². The molecule has 5 nitrogen and oxygen atoms in total. The number of sulfonamides is 1. The van der Waals surface area contributed by atoms with E-state index in [-0.39, 0.29) is 11.5 Å². The molecule has 106 valence electrons. The number of halogens is 1. The summed E-state index contributed by atoms with van der Waals surface area (Å²) < 4.78 is 27.9. The van der Waals surface area contributed by atoms with Crippen LogP contribution < -0.4 is 4.72 Å². The minimum absolute atomic E-state index is 0.125. The molecule has 1 aromatic heterocycles. The first-order valence-corrected chi connectivity index (χ1v) is 8.04. The molecule has 0 spiro atoms. The van der Waals surface area contributed by atoms with Crippen molar-refractivity contribution in [1.82, 2.24) is 4.98 Å². The molecule has 20 heavy (non-hydrogen) atoms. The number of hydrogen-bond acceptors (Lipinski definition) is 4. The van der Waals surface area contributed by atoms with Crippen molar-refractivity contribution in [3.05, 3.63) is 52.3 Å². The highest BCUT2D eigenvalue weighted by Gasteiger charge is 2.19. The van der Waals surface area contributed by atoms with Gasteiger partial charge in [0.15, 0.2) is 0 Å². The maximum absolute atomic E-state index is 12.4. The normalized spacial score (nSPS) is 11.3. The zero-order valence-corrected chi connectivity index (χ0v) is 13.1. The first-order chi connectivity index (χ1) is 9.44. The van der Waals surface area contributed by atoms with Crippen LogP contribution in [0.2, 0.25) is 0 Å². The summed E-state index contributed by atoms with van der Waals surface area (Å²) in [5.74, 6) is 0. The van der Waals surface area contributed by atoms with Crippen LogP contribution in [0.5, 0.6) is 0 Å². The summed E-state index contributed by atoms with van der Waals surface area (Å²) in [6, 6.07) is 6.41. The van der Waals surface area contributed by atoms with Crippen LogP contribution in [-0.2, 0) is 16.6 Å². The highest BCUT2D eigenvalue weighted by molar-refractivity contribution is 9.10.